The second-order valence-corrected chi connectivity index (χ2v) is 8.10. The van der Waals surface area contributed by atoms with Crippen molar-refractivity contribution < 1.29 is 13.2 Å². The molecule has 21 heavy (non-hydrogen) atoms. The van der Waals surface area contributed by atoms with Gasteiger partial charge in [0.25, 0.3) is 15.0 Å². The molecule has 0 saturated carbocycles. The van der Waals surface area contributed by atoms with Crippen LogP contribution in [-0.4, -0.2) is 32.3 Å². The Kier molecular flexibility index (Phi) is 5.27. The molecule has 0 bridgehead atoms. The van der Waals surface area contributed by atoms with Crippen LogP contribution >= 0.6 is 10.7 Å². The van der Waals surface area contributed by atoms with Crippen molar-refractivity contribution in [1.29, 1.82) is 0 Å². The van der Waals surface area contributed by atoms with Crippen molar-refractivity contribution in [1.82, 2.24) is 4.90 Å². The zero-order valence-corrected chi connectivity index (χ0v) is 13.7. The molecule has 1 saturated heterocycles. The molecule has 0 spiro atoms. The number of carbonyl (C=O) groups excluding carboxylic acids is 1. The van der Waals surface area contributed by atoms with Crippen molar-refractivity contribution in [2.75, 3.05) is 13.1 Å². The predicted molar refractivity (Wildman–Crippen MR) is 83.2 cm³/mol. The number of carbonyl (C=O) groups is 1. The predicted octanol–water partition coefficient (Wildman–Crippen LogP) is 3.33. The minimum absolute atomic E-state index is 0.0143. The molecule has 1 amide bonds. The van der Waals surface area contributed by atoms with Crippen LogP contribution in [0.1, 0.15) is 48.0 Å². The number of amides is 1. The van der Waals surface area contributed by atoms with E-state index in [-0.39, 0.29) is 10.8 Å². The summed E-state index contributed by atoms with van der Waals surface area (Å²) >= 11 is 0. The van der Waals surface area contributed by atoms with Gasteiger partial charge in [-0.05, 0) is 43.5 Å². The Bertz CT molecular complexity index is 620. The van der Waals surface area contributed by atoms with Crippen LogP contribution in [0.4, 0.5) is 0 Å². The van der Waals surface area contributed by atoms with Gasteiger partial charge in [0.1, 0.15) is 0 Å². The molecular formula is C15H20ClNO3S. The number of hydrogen-bond donors (Lipinski definition) is 0. The molecule has 0 unspecified atom stereocenters. The Balaban J connectivity index is 2.27. The van der Waals surface area contributed by atoms with Gasteiger partial charge >= 0.3 is 0 Å². The van der Waals surface area contributed by atoms with E-state index in [9.17, 15) is 13.2 Å². The van der Waals surface area contributed by atoms with Gasteiger partial charge < -0.3 is 4.90 Å². The normalized spacial score (nSPS) is 17.1. The Morgan fingerprint density at radius 2 is 1.62 bits per heavy atom. The average molecular weight is 330 g/mol. The number of nitrogens with zero attached hydrogens (tertiary/aromatic N) is 1. The van der Waals surface area contributed by atoms with Crippen molar-refractivity contribution in [2.45, 2.75) is 43.9 Å². The molecule has 2 rings (SSSR count). The minimum atomic E-state index is -3.82. The van der Waals surface area contributed by atoms with Crippen LogP contribution in [-0.2, 0) is 9.05 Å². The molecule has 4 nitrogen and oxygen atoms in total. The van der Waals surface area contributed by atoms with Crippen molar-refractivity contribution in [3.05, 3.63) is 29.3 Å². The maximum Gasteiger partial charge on any atom is 0.261 e. The highest BCUT2D eigenvalue weighted by atomic mass is 35.7. The highest BCUT2D eigenvalue weighted by Crippen LogP contribution is 2.21. The smallest absolute Gasteiger partial charge is 0.261 e. The molecule has 116 valence electrons. The fourth-order valence-electron chi connectivity index (χ4n) is 2.65. The summed E-state index contributed by atoms with van der Waals surface area (Å²) in [6.45, 7) is 3.22. The lowest BCUT2D eigenvalue weighted by atomic mass is 10.1. The molecule has 0 aliphatic carbocycles. The molecule has 1 aromatic carbocycles. The van der Waals surface area contributed by atoms with E-state index in [4.69, 9.17) is 10.7 Å². The third kappa shape index (κ3) is 4.45. The number of hydrogen-bond acceptors (Lipinski definition) is 3. The molecule has 0 radical (unpaired) electrons. The molecule has 1 aliphatic rings. The molecule has 0 atom stereocenters. The van der Waals surface area contributed by atoms with E-state index in [1.807, 2.05) is 4.90 Å². The number of aryl methyl sites for hydroxylation is 1. The first kappa shape index (κ1) is 16.3. The summed E-state index contributed by atoms with van der Waals surface area (Å²) in [4.78, 5) is 14.4. The van der Waals surface area contributed by atoms with Gasteiger partial charge in [0.2, 0.25) is 0 Å². The van der Waals surface area contributed by atoms with Crippen LogP contribution in [0, 0.1) is 6.92 Å². The number of benzene rings is 1. The molecule has 0 N–H and O–H groups in total. The molecular weight excluding hydrogens is 310 g/mol. The average Bonchev–Trinajstić information content (AvgIpc) is 2.36. The van der Waals surface area contributed by atoms with E-state index in [2.05, 4.69) is 0 Å². The quantitative estimate of drug-likeness (QED) is 0.782. The molecule has 1 heterocycles. The standard InChI is InChI=1S/C15H20ClNO3S/c1-12-9-13(11-14(10-12)21(16,19)20)15(18)17-7-5-3-2-4-6-8-17/h9-11H,2-8H2,1H3. The fraction of sp³-hybridized carbons (Fsp3) is 0.533. The molecule has 1 aromatic rings. The Morgan fingerprint density at radius 1 is 1.05 bits per heavy atom. The lowest BCUT2D eigenvalue weighted by Crippen LogP contribution is -2.33. The zero-order valence-electron chi connectivity index (χ0n) is 12.1. The SMILES string of the molecule is Cc1cc(C(=O)N2CCCCCCC2)cc(S(=O)(=O)Cl)c1. The van der Waals surface area contributed by atoms with E-state index in [1.54, 1.807) is 13.0 Å². The number of rotatable bonds is 2. The zero-order chi connectivity index (χ0) is 15.5. The van der Waals surface area contributed by atoms with Gasteiger partial charge in [0, 0.05) is 29.3 Å². The van der Waals surface area contributed by atoms with Gasteiger partial charge in [-0.25, -0.2) is 8.42 Å². The molecule has 1 aliphatic heterocycles. The monoisotopic (exact) mass is 329 g/mol. The third-order valence-electron chi connectivity index (χ3n) is 3.72. The van der Waals surface area contributed by atoms with Gasteiger partial charge in [0.05, 0.1) is 4.90 Å². The van der Waals surface area contributed by atoms with Gasteiger partial charge in [0.15, 0.2) is 0 Å². The van der Waals surface area contributed by atoms with Crippen LogP contribution in [0.3, 0.4) is 0 Å². The summed E-state index contributed by atoms with van der Waals surface area (Å²) in [6.07, 6.45) is 5.50. The van der Waals surface area contributed by atoms with Crippen molar-refractivity contribution in [2.24, 2.45) is 0 Å². The summed E-state index contributed by atoms with van der Waals surface area (Å²) in [6, 6.07) is 4.57. The van der Waals surface area contributed by atoms with E-state index in [0.29, 0.717) is 11.1 Å². The Morgan fingerprint density at radius 3 is 2.19 bits per heavy atom. The van der Waals surface area contributed by atoms with Crippen LogP contribution in [0.25, 0.3) is 0 Å². The number of likely N-dealkylation sites (tertiary alicyclic amines) is 1. The molecule has 6 heteroatoms. The second-order valence-electron chi connectivity index (χ2n) is 5.53. The fourth-order valence-corrected chi connectivity index (χ4v) is 3.51. The van der Waals surface area contributed by atoms with Crippen molar-refractivity contribution in [3.63, 3.8) is 0 Å². The van der Waals surface area contributed by atoms with Gasteiger partial charge in [-0.15, -0.1) is 0 Å². The van der Waals surface area contributed by atoms with Crippen LogP contribution < -0.4 is 0 Å². The minimum Gasteiger partial charge on any atom is -0.339 e. The van der Waals surface area contributed by atoms with Crippen LogP contribution in [0.2, 0.25) is 0 Å². The largest absolute Gasteiger partial charge is 0.339 e. The topological polar surface area (TPSA) is 54.5 Å². The van der Waals surface area contributed by atoms with Crippen molar-refractivity contribution in [3.8, 4) is 0 Å². The first-order valence-corrected chi connectivity index (χ1v) is 9.54. The second kappa shape index (κ2) is 6.79. The summed E-state index contributed by atoms with van der Waals surface area (Å²) in [5.41, 5.74) is 1.11. The third-order valence-corrected chi connectivity index (χ3v) is 5.06. The van der Waals surface area contributed by atoms with Crippen LogP contribution in [0.5, 0.6) is 0 Å². The lowest BCUT2D eigenvalue weighted by molar-refractivity contribution is 0.0742. The summed E-state index contributed by atoms with van der Waals surface area (Å²) < 4.78 is 23.0. The maximum atomic E-state index is 12.6. The first-order chi connectivity index (χ1) is 9.88. The van der Waals surface area contributed by atoms with E-state index < -0.39 is 9.05 Å². The Hall–Kier alpha value is -1.07. The maximum absolute atomic E-state index is 12.6. The first-order valence-electron chi connectivity index (χ1n) is 7.23. The summed E-state index contributed by atoms with van der Waals surface area (Å²) in [5, 5.41) is 0. The van der Waals surface area contributed by atoms with Gasteiger partial charge in [-0.3, -0.25) is 4.79 Å². The van der Waals surface area contributed by atoms with Crippen LogP contribution in [0.15, 0.2) is 23.1 Å². The van der Waals surface area contributed by atoms with Gasteiger partial charge in [-0.2, -0.15) is 0 Å². The highest BCUT2D eigenvalue weighted by Gasteiger charge is 2.20. The molecule has 0 aromatic heterocycles. The Labute approximate surface area is 130 Å². The summed E-state index contributed by atoms with van der Waals surface area (Å²) in [7, 11) is 1.56. The summed E-state index contributed by atoms with van der Waals surface area (Å²) in [5.74, 6) is -0.109. The van der Waals surface area contributed by atoms with E-state index in [1.165, 1.54) is 18.6 Å². The highest BCUT2D eigenvalue weighted by molar-refractivity contribution is 8.13. The lowest BCUT2D eigenvalue weighted by Gasteiger charge is -2.25. The van der Waals surface area contributed by atoms with E-state index >= 15 is 0 Å². The van der Waals surface area contributed by atoms with Gasteiger partial charge in [-0.1, -0.05) is 19.3 Å². The number of halogens is 1. The molecule has 1 fully saturated rings. The van der Waals surface area contributed by atoms with E-state index in [0.717, 1.165) is 38.8 Å². The van der Waals surface area contributed by atoms with Crippen molar-refractivity contribution >= 4 is 25.6 Å².